The van der Waals surface area contributed by atoms with E-state index in [0.29, 0.717) is 18.4 Å². The van der Waals surface area contributed by atoms with Crippen LogP contribution in [0.3, 0.4) is 0 Å². The number of nitrogens with one attached hydrogen (secondary N) is 1. The highest BCUT2D eigenvalue weighted by Gasteiger charge is 2.33. The van der Waals surface area contributed by atoms with Crippen molar-refractivity contribution in [3.05, 3.63) is 24.3 Å². The highest BCUT2D eigenvalue weighted by molar-refractivity contribution is 7.91. The fourth-order valence-electron chi connectivity index (χ4n) is 1.88. The van der Waals surface area contributed by atoms with Gasteiger partial charge >= 0.3 is 5.76 Å². The molecular weight excluding hydrogens is 260 g/mol. The van der Waals surface area contributed by atoms with Crippen molar-refractivity contribution < 1.29 is 17.2 Å². The molecule has 1 aliphatic rings. The van der Waals surface area contributed by atoms with E-state index in [0.717, 1.165) is 6.42 Å². The molecule has 1 fully saturated rings. The number of alkyl halides is 2. The standard InChI is InChI=1S/C12H15F2NO2S/c1-8-6-9(8)7-15-10-4-2-3-5-11(10)18(16,17)12(13)14/h2-5,8-9,12,15H,6-7H2,1H3. The summed E-state index contributed by atoms with van der Waals surface area (Å²) in [5.74, 6) is -2.26. The molecule has 18 heavy (non-hydrogen) atoms. The Hall–Kier alpha value is -1.17. The van der Waals surface area contributed by atoms with Gasteiger partial charge in [-0.1, -0.05) is 19.1 Å². The average molecular weight is 275 g/mol. The zero-order chi connectivity index (χ0) is 13.3. The van der Waals surface area contributed by atoms with Gasteiger partial charge in [0.2, 0.25) is 9.84 Å². The lowest BCUT2D eigenvalue weighted by Gasteiger charge is -2.11. The smallest absolute Gasteiger partial charge is 0.341 e. The lowest BCUT2D eigenvalue weighted by molar-refractivity contribution is 0.235. The predicted molar refractivity (Wildman–Crippen MR) is 65.4 cm³/mol. The molecule has 0 aromatic heterocycles. The minimum atomic E-state index is -4.54. The molecule has 1 aromatic carbocycles. The number of halogens is 2. The minimum Gasteiger partial charge on any atom is -0.384 e. The van der Waals surface area contributed by atoms with Gasteiger partial charge in [-0.15, -0.1) is 0 Å². The highest BCUT2D eigenvalue weighted by atomic mass is 32.2. The normalized spacial score (nSPS) is 23.1. The van der Waals surface area contributed by atoms with Crippen LogP contribution >= 0.6 is 0 Å². The Morgan fingerprint density at radius 1 is 1.39 bits per heavy atom. The van der Waals surface area contributed by atoms with Crippen LogP contribution in [0.25, 0.3) is 0 Å². The molecule has 0 amide bonds. The number of rotatable bonds is 5. The first-order chi connectivity index (χ1) is 8.43. The molecule has 2 rings (SSSR count). The van der Waals surface area contributed by atoms with Gasteiger partial charge in [-0.2, -0.15) is 8.78 Å². The van der Waals surface area contributed by atoms with Crippen LogP contribution in [0.4, 0.5) is 14.5 Å². The van der Waals surface area contributed by atoms with Gasteiger partial charge in [0.1, 0.15) is 0 Å². The number of hydrogen-bond donors (Lipinski definition) is 1. The molecule has 3 nitrogen and oxygen atoms in total. The van der Waals surface area contributed by atoms with Crippen molar-refractivity contribution in [3.63, 3.8) is 0 Å². The van der Waals surface area contributed by atoms with Crippen molar-refractivity contribution in [2.45, 2.75) is 24.0 Å². The lowest BCUT2D eigenvalue weighted by Crippen LogP contribution is -2.15. The van der Waals surface area contributed by atoms with Crippen LogP contribution < -0.4 is 5.32 Å². The topological polar surface area (TPSA) is 46.2 Å². The van der Waals surface area contributed by atoms with Crippen LogP contribution in [0.5, 0.6) is 0 Å². The van der Waals surface area contributed by atoms with Gasteiger partial charge in [-0.25, -0.2) is 8.42 Å². The van der Waals surface area contributed by atoms with E-state index in [1.165, 1.54) is 18.2 Å². The molecule has 0 spiro atoms. The maximum Gasteiger partial charge on any atom is 0.341 e. The molecule has 6 heteroatoms. The van der Waals surface area contributed by atoms with E-state index in [1.54, 1.807) is 6.07 Å². The van der Waals surface area contributed by atoms with E-state index < -0.39 is 15.6 Å². The van der Waals surface area contributed by atoms with Crippen LogP contribution in [-0.4, -0.2) is 20.7 Å². The third-order valence-electron chi connectivity index (χ3n) is 3.26. The van der Waals surface area contributed by atoms with Gasteiger partial charge in [-0.05, 0) is 30.4 Å². The molecule has 0 aliphatic heterocycles. The molecule has 0 radical (unpaired) electrons. The Morgan fingerprint density at radius 3 is 2.56 bits per heavy atom. The van der Waals surface area contributed by atoms with E-state index in [1.807, 2.05) is 0 Å². The molecule has 2 unspecified atom stereocenters. The van der Waals surface area contributed by atoms with Crippen LogP contribution in [-0.2, 0) is 9.84 Å². The zero-order valence-electron chi connectivity index (χ0n) is 9.94. The molecule has 0 bridgehead atoms. The second-order valence-electron chi connectivity index (χ2n) is 4.66. The molecule has 1 aliphatic carbocycles. The van der Waals surface area contributed by atoms with Crippen molar-refractivity contribution >= 4 is 15.5 Å². The van der Waals surface area contributed by atoms with E-state index in [4.69, 9.17) is 0 Å². The summed E-state index contributed by atoms with van der Waals surface area (Å²) in [5, 5.41) is 2.95. The Kier molecular flexibility index (Phi) is 3.56. The number of benzene rings is 1. The second kappa shape index (κ2) is 4.84. The molecule has 0 saturated heterocycles. The monoisotopic (exact) mass is 275 g/mol. The summed E-state index contributed by atoms with van der Waals surface area (Å²) in [4.78, 5) is -0.326. The van der Waals surface area contributed by atoms with E-state index in [9.17, 15) is 17.2 Å². The lowest BCUT2D eigenvalue weighted by atomic mass is 10.3. The van der Waals surface area contributed by atoms with Gasteiger partial charge in [0.05, 0.1) is 10.6 Å². The van der Waals surface area contributed by atoms with Gasteiger partial charge in [0.25, 0.3) is 0 Å². The van der Waals surface area contributed by atoms with Crippen LogP contribution in [0.1, 0.15) is 13.3 Å². The number of para-hydroxylation sites is 1. The third kappa shape index (κ3) is 2.63. The minimum absolute atomic E-state index is 0.261. The van der Waals surface area contributed by atoms with E-state index >= 15 is 0 Å². The van der Waals surface area contributed by atoms with Crippen molar-refractivity contribution in [1.82, 2.24) is 0 Å². The first-order valence-electron chi connectivity index (χ1n) is 5.78. The molecule has 2 atom stereocenters. The van der Waals surface area contributed by atoms with E-state index in [-0.39, 0.29) is 10.6 Å². The molecule has 1 N–H and O–H groups in total. The van der Waals surface area contributed by atoms with Gasteiger partial charge in [0.15, 0.2) is 0 Å². The maximum absolute atomic E-state index is 12.5. The quantitative estimate of drug-likeness (QED) is 0.898. The summed E-state index contributed by atoms with van der Waals surface area (Å²) in [5.41, 5.74) is 0.261. The fourth-order valence-corrected chi connectivity index (χ4v) is 2.79. The molecular formula is C12H15F2NO2S. The summed E-state index contributed by atoms with van der Waals surface area (Å²) in [6, 6.07) is 5.80. The summed E-state index contributed by atoms with van der Waals surface area (Å²) in [6.07, 6.45) is 1.09. The fraction of sp³-hybridized carbons (Fsp3) is 0.500. The Labute approximate surface area is 105 Å². The summed E-state index contributed by atoms with van der Waals surface area (Å²) in [6.45, 7) is 2.73. The first kappa shape index (κ1) is 13.3. The molecule has 1 saturated carbocycles. The summed E-state index contributed by atoms with van der Waals surface area (Å²) < 4.78 is 48.0. The van der Waals surface area contributed by atoms with Gasteiger partial charge in [0, 0.05) is 6.54 Å². The number of anilines is 1. The molecule has 0 heterocycles. The largest absolute Gasteiger partial charge is 0.384 e. The summed E-state index contributed by atoms with van der Waals surface area (Å²) >= 11 is 0. The Bertz CT molecular complexity index is 531. The van der Waals surface area contributed by atoms with Crippen molar-refractivity contribution in [2.24, 2.45) is 11.8 Å². The second-order valence-corrected chi connectivity index (χ2v) is 6.54. The predicted octanol–water partition coefficient (Wildman–Crippen LogP) is 2.75. The average Bonchev–Trinajstić information content (AvgIpc) is 3.03. The SMILES string of the molecule is CC1CC1CNc1ccccc1S(=O)(=O)C(F)F. The Balaban J connectivity index is 2.20. The third-order valence-corrected chi connectivity index (χ3v) is 4.70. The number of hydrogen-bond acceptors (Lipinski definition) is 3. The molecule has 100 valence electrons. The summed E-state index contributed by atoms with van der Waals surface area (Å²) in [7, 11) is -4.54. The van der Waals surface area contributed by atoms with Crippen molar-refractivity contribution in [2.75, 3.05) is 11.9 Å². The highest BCUT2D eigenvalue weighted by Crippen LogP contribution is 2.38. The van der Waals surface area contributed by atoms with Crippen LogP contribution in [0.2, 0.25) is 0 Å². The number of sulfone groups is 1. The van der Waals surface area contributed by atoms with Gasteiger partial charge < -0.3 is 5.32 Å². The first-order valence-corrected chi connectivity index (χ1v) is 7.32. The van der Waals surface area contributed by atoms with Gasteiger partial charge in [-0.3, -0.25) is 0 Å². The van der Waals surface area contributed by atoms with Crippen molar-refractivity contribution in [1.29, 1.82) is 0 Å². The Morgan fingerprint density at radius 2 is 2.00 bits per heavy atom. The molecule has 1 aromatic rings. The van der Waals surface area contributed by atoms with Crippen LogP contribution in [0.15, 0.2) is 29.2 Å². The van der Waals surface area contributed by atoms with Crippen molar-refractivity contribution in [3.8, 4) is 0 Å². The van der Waals surface area contributed by atoms with Crippen LogP contribution in [0, 0.1) is 11.8 Å². The maximum atomic E-state index is 12.5. The zero-order valence-corrected chi connectivity index (χ0v) is 10.8. The van der Waals surface area contributed by atoms with E-state index in [2.05, 4.69) is 12.2 Å².